The molecule has 0 bridgehead atoms. The van der Waals surface area contributed by atoms with E-state index in [1.165, 1.54) is 9.75 Å². The predicted octanol–water partition coefficient (Wildman–Crippen LogP) is 4.25. The number of ether oxygens (including phenoxy) is 1. The van der Waals surface area contributed by atoms with Crippen molar-refractivity contribution in [1.82, 2.24) is 10.2 Å². The number of nitrogens with one attached hydrogen (secondary N) is 1. The molecule has 150 valence electrons. The van der Waals surface area contributed by atoms with Gasteiger partial charge in [-0.15, -0.1) is 11.3 Å². The molecule has 1 atom stereocenters. The third-order valence-electron chi connectivity index (χ3n) is 6.13. The lowest BCUT2D eigenvalue weighted by molar-refractivity contribution is -0.127. The number of hydrogen-bond acceptors (Lipinski definition) is 4. The van der Waals surface area contributed by atoms with E-state index in [-0.39, 0.29) is 11.5 Å². The summed E-state index contributed by atoms with van der Waals surface area (Å²) in [6.07, 6.45) is 4.30. The van der Waals surface area contributed by atoms with Gasteiger partial charge in [0.05, 0.1) is 5.60 Å². The number of piperidine rings is 1. The first kappa shape index (κ1) is 19.6. The van der Waals surface area contributed by atoms with Gasteiger partial charge in [0.2, 0.25) is 0 Å². The molecule has 1 spiro atoms. The molecule has 1 N–H and O–H groups in total. The molecule has 4 nitrogen and oxygen atoms in total. The molecule has 4 rings (SSSR count). The SMILES string of the molecule is Cc1ccc(CN2CCC3(CC2)CC(CNC(=O)c2ccccc2)CCO3)s1. The molecule has 0 radical (unpaired) electrons. The quantitative estimate of drug-likeness (QED) is 0.819. The number of rotatable bonds is 5. The van der Waals surface area contributed by atoms with Crippen molar-refractivity contribution in [3.63, 3.8) is 0 Å². The van der Waals surface area contributed by atoms with Gasteiger partial charge < -0.3 is 10.1 Å². The van der Waals surface area contributed by atoms with E-state index in [1.807, 2.05) is 41.7 Å². The molecule has 1 amide bonds. The largest absolute Gasteiger partial charge is 0.375 e. The highest BCUT2D eigenvalue weighted by Gasteiger charge is 2.40. The molecule has 1 unspecified atom stereocenters. The van der Waals surface area contributed by atoms with Crippen LogP contribution in [0.25, 0.3) is 0 Å². The fourth-order valence-corrected chi connectivity index (χ4v) is 5.42. The minimum Gasteiger partial charge on any atom is -0.375 e. The molecule has 1 aromatic carbocycles. The van der Waals surface area contributed by atoms with E-state index in [9.17, 15) is 4.79 Å². The topological polar surface area (TPSA) is 41.6 Å². The van der Waals surface area contributed by atoms with Gasteiger partial charge in [-0.25, -0.2) is 0 Å². The van der Waals surface area contributed by atoms with Crippen LogP contribution in [0.3, 0.4) is 0 Å². The third kappa shape index (κ3) is 4.83. The molecule has 0 saturated carbocycles. The summed E-state index contributed by atoms with van der Waals surface area (Å²) in [5.41, 5.74) is 0.754. The van der Waals surface area contributed by atoms with Crippen LogP contribution in [-0.4, -0.2) is 42.6 Å². The predicted molar refractivity (Wildman–Crippen MR) is 114 cm³/mol. The van der Waals surface area contributed by atoms with Gasteiger partial charge in [0, 0.05) is 48.1 Å². The Morgan fingerprint density at radius 1 is 1.21 bits per heavy atom. The van der Waals surface area contributed by atoms with Crippen LogP contribution in [0, 0.1) is 12.8 Å². The summed E-state index contributed by atoms with van der Waals surface area (Å²) in [4.78, 5) is 17.7. The van der Waals surface area contributed by atoms with Crippen molar-refractivity contribution in [1.29, 1.82) is 0 Å². The monoisotopic (exact) mass is 398 g/mol. The van der Waals surface area contributed by atoms with Crippen LogP contribution >= 0.6 is 11.3 Å². The number of carbonyl (C=O) groups is 1. The number of aryl methyl sites for hydroxylation is 1. The lowest BCUT2D eigenvalue weighted by Gasteiger charge is -2.46. The van der Waals surface area contributed by atoms with E-state index in [1.54, 1.807) is 0 Å². The van der Waals surface area contributed by atoms with Crippen LogP contribution in [0.15, 0.2) is 42.5 Å². The Morgan fingerprint density at radius 3 is 2.71 bits per heavy atom. The highest BCUT2D eigenvalue weighted by molar-refractivity contribution is 7.11. The molecule has 2 aromatic rings. The number of likely N-dealkylation sites (tertiary alicyclic amines) is 1. The maximum atomic E-state index is 12.3. The zero-order chi connectivity index (χ0) is 19.4. The maximum absolute atomic E-state index is 12.3. The fraction of sp³-hybridized carbons (Fsp3) is 0.522. The molecule has 2 saturated heterocycles. The van der Waals surface area contributed by atoms with Crippen LogP contribution in [0.5, 0.6) is 0 Å². The number of amides is 1. The first-order valence-corrected chi connectivity index (χ1v) is 11.2. The van der Waals surface area contributed by atoms with Crippen molar-refractivity contribution < 1.29 is 9.53 Å². The summed E-state index contributed by atoms with van der Waals surface area (Å²) in [6.45, 7) is 6.99. The highest BCUT2D eigenvalue weighted by Crippen LogP contribution is 2.38. The molecule has 2 fully saturated rings. The third-order valence-corrected chi connectivity index (χ3v) is 7.11. The first-order valence-electron chi connectivity index (χ1n) is 10.4. The summed E-state index contributed by atoms with van der Waals surface area (Å²) < 4.78 is 6.29. The van der Waals surface area contributed by atoms with E-state index in [2.05, 4.69) is 29.3 Å². The van der Waals surface area contributed by atoms with Crippen molar-refractivity contribution in [3.05, 3.63) is 57.8 Å². The minimum atomic E-state index is 0.0161. The van der Waals surface area contributed by atoms with Crippen molar-refractivity contribution in [2.75, 3.05) is 26.2 Å². The Bertz CT molecular complexity index is 781. The Kier molecular flexibility index (Phi) is 6.14. The average Bonchev–Trinajstić information content (AvgIpc) is 3.14. The zero-order valence-electron chi connectivity index (χ0n) is 16.7. The van der Waals surface area contributed by atoms with E-state index in [0.29, 0.717) is 5.92 Å². The summed E-state index contributed by atoms with van der Waals surface area (Å²) in [5.74, 6) is 0.537. The second-order valence-electron chi connectivity index (χ2n) is 8.25. The van der Waals surface area contributed by atoms with E-state index in [0.717, 1.165) is 64.0 Å². The molecular formula is C23H30N2O2S. The van der Waals surface area contributed by atoms with Gasteiger partial charge in [0.15, 0.2) is 0 Å². The van der Waals surface area contributed by atoms with Crippen LogP contribution < -0.4 is 5.32 Å². The molecule has 1 aromatic heterocycles. The van der Waals surface area contributed by atoms with Crippen molar-refractivity contribution >= 4 is 17.2 Å². The van der Waals surface area contributed by atoms with E-state index in [4.69, 9.17) is 4.74 Å². The Hall–Kier alpha value is -1.69. The summed E-state index contributed by atoms with van der Waals surface area (Å²) in [7, 11) is 0. The molecule has 2 aliphatic heterocycles. The molecular weight excluding hydrogens is 368 g/mol. The molecule has 5 heteroatoms. The standard InChI is InChI=1S/C23H30N2O2S/c1-18-7-8-21(28-18)17-25-12-10-23(11-13-25)15-19(9-14-27-23)16-24-22(26)20-5-3-2-4-6-20/h2-8,19H,9-17H2,1H3,(H,24,26). The van der Waals surface area contributed by atoms with E-state index >= 15 is 0 Å². The normalized spacial score (nSPS) is 22.2. The average molecular weight is 399 g/mol. The van der Waals surface area contributed by atoms with Crippen molar-refractivity contribution in [2.45, 2.75) is 44.8 Å². The van der Waals surface area contributed by atoms with Gasteiger partial charge in [-0.3, -0.25) is 9.69 Å². The van der Waals surface area contributed by atoms with Crippen LogP contribution in [0.4, 0.5) is 0 Å². The van der Waals surface area contributed by atoms with Gasteiger partial charge in [0.25, 0.3) is 5.91 Å². The number of carbonyl (C=O) groups excluding carboxylic acids is 1. The second-order valence-corrected chi connectivity index (χ2v) is 9.63. The number of benzene rings is 1. The maximum Gasteiger partial charge on any atom is 0.251 e. The van der Waals surface area contributed by atoms with Gasteiger partial charge in [-0.1, -0.05) is 18.2 Å². The van der Waals surface area contributed by atoms with Crippen LogP contribution in [0.1, 0.15) is 45.8 Å². The van der Waals surface area contributed by atoms with Gasteiger partial charge >= 0.3 is 0 Å². The summed E-state index contributed by atoms with van der Waals surface area (Å²) >= 11 is 1.90. The highest BCUT2D eigenvalue weighted by atomic mass is 32.1. The number of thiophene rings is 1. The lowest BCUT2D eigenvalue weighted by Crippen LogP contribution is -2.50. The zero-order valence-corrected chi connectivity index (χ0v) is 17.5. The number of nitrogens with zero attached hydrogens (tertiary/aromatic N) is 1. The van der Waals surface area contributed by atoms with E-state index < -0.39 is 0 Å². The molecule has 2 aliphatic rings. The lowest BCUT2D eigenvalue weighted by atomic mass is 9.79. The smallest absolute Gasteiger partial charge is 0.251 e. The van der Waals surface area contributed by atoms with Gasteiger partial charge in [-0.05, 0) is 62.8 Å². The molecule has 0 aliphatic carbocycles. The second kappa shape index (κ2) is 8.76. The van der Waals surface area contributed by atoms with Crippen LogP contribution in [0.2, 0.25) is 0 Å². The molecule has 3 heterocycles. The van der Waals surface area contributed by atoms with Gasteiger partial charge in [-0.2, -0.15) is 0 Å². The minimum absolute atomic E-state index is 0.0161. The van der Waals surface area contributed by atoms with Crippen molar-refractivity contribution in [2.24, 2.45) is 5.92 Å². The Morgan fingerprint density at radius 2 is 2.00 bits per heavy atom. The molecule has 28 heavy (non-hydrogen) atoms. The van der Waals surface area contributed by atoms with Crippen molar-refractivity contribution in [3.8, 4) is 0 Å². The van der Waals surface area contributed by atoms with Gasteiger partial charge in [0.1, 0.15) is 0 Å². The number of hydrogen-bond donors (Lipinski definition) is 1. The Labute approximate surface area is 171 Å². The first-order chi connectivity index (χ1) is 13.6. The Balaban J connectivity index is 1.26. The fourth-order valence-electron chi connectivity index (χ4n) is 4.49. The summed E-state index contributed by atoms with van der Waals surface area (Å²) in [6, 6.07) is 14.0. The van der Waals surface area contributed by atoms with Crippen LogP contribution in [-0.2, 0) is 11.3 Å². The summed E-state index contributed by atoms with van der Waals surface area (Å²) in [5, 5.41) is 3.13.